The molecule has 3 rings (SSSR count). The first kappa shape index (κ1) is 15.2. The van der Waals surface area contributed by atoms with Crippen LogP contribution >= 0.6 is 0 Å². The number of likely N-dealkylation sites (tertiary alicyclic amines) is 1. The number of ether oxygens (including phenoxy) is 2. The van der Waals surface area contributed by atoms with E-state index in [-0.39, 0.29) is 12.0 Å². The van der Waals surface area contributed by atoms with Crippen LogP contribution in [0.1, 0.15) is 25.7 Å². The average Bonchev–Trinajstić information content (AvgIpc) is 2.59. The van der Waals surface area contributed by atoms with Crippen molar-refractivity contribution in [1.82, 2.24) is 10.2 Å². The molecule has 120 valence electrons. The smallest absolute Gasteiger partial charge is 0.221 e. The molecular formula is C17H24N2O3. The van der Waals surface area contributed by atoms with E-state index in [9.17, 15) is 4.79 Å². The van der Waals surface area contributed by atoms with Crippen molar-refractivity contribution in [2.75, 3.05) is 32.8 Å². The van der Waals surface area contributed by atoms with Crippen LogP contribution in [0.3, 0.4) is 0 Å². The van der Waals surface area contributed by atoms with E-state index in [1.165, 1.54) is 19.3 Å². The molecule has 1 amide bonds. The molecule has 1 atom stereocenters. The van der Waals surface area contributed by atoms with Gasteiger partial charge in [0.1, 0.15) is 12.7 Å². The minimum atomic E-state index is -0.117. The summed E-state index contributed by atoms with van der Waals surface area (Å²) in [6.07, 6.45) is 4.28. The van der Waals surface area contributed by atoms with Crippen LogP contribution in [-0.2, 0) is 4.79 Å². The van der Waals surface area contributed by atoms with Crippen LogP contribution in [-0.4, -0.2) is 49.7 Å². The van der Waals surface area contributed by atoms with Crippen LogP contribution in [0.5, 0.6) is 11.5 Å². The summed E-state index contributed by atoms with van der Waals surface area (Å²) >= 11 is 0. The molecule has 0 aliphatic carbocycles. The molecule has 1 N–H and O–H groups in total. The summed E-state index contributed by atoms with van der Waals surface area (Å²) in [5, 5.41) is 2.95. The summed E-state index contributed by atoms with van der Waals surface area (Å²) < 4.78 is 11.5. The minimum absolute atomic E-state index is 0.0908. The summed E-state index contributed by atoms with van der Waals surface area (Å²) in [5.41, 5.74) is 0. The van der Waals surface area contributed by atoms with Crippen molar-refractivity contribution in [2.24, 2.45) is 0 Å². The van der Waals surface area contributed by atoms with Gasteiger partial charge in [-0.15, -0.1) is 0 Å². The number of carbonyl (C=O) groups excluding carboxylic acids is 1. The van der Waals surface area contributed by atoms with Gasteiger partial charge in [-0.3, -0.25) is 4.79 Å². The first-order valence-electron chi connectivity index (χ1n) is 8.19. The number of hydrogen-bond donors (Lipinski definition) is 1. The van der Waals surface area contributed by atoms with Crippen molar-refractivity contribution in [3.63, 3.8) is 0 Å². The molecule has 2 aliphatic rings. The van der Waals surface area contributed by atoms with Gasteiger partial charge in [0.05, 0.1) is 6.54 Å². The van der Waals surface area contributed by atoms with Crippen LogP contribution < -0.4 is 14.8 Å². The predicted octanol–water partition coefficient (Wildman–Crippen LogP) is 1.82. The molecule has 0 unspecified atom stereocenters. The minimum Gasteiger partial charge on any atom is -0.486 e. The molecule has 1 saturated heterocycles. The number of amides is 1. The summed E-state index contributed by atoms with van der Waals surface area (Å²) in [7, 11) is 0. The van der Waals surface area contributed by atoms with Gasteiger partial charge in [0.25, 0.3) is 0 Å². The van der Waals surface area contributed by atoms with E-state index in [1.54, 1.807) is 0 Å². The van der Waals surface area contributed by atoms with Gasteiger partial charge in [-0.1, -0.05) is 18.6 Å². The number of piperidine rings is 1. The number of nitrogens with zero attached hydrogens (tertiary/aromatic N) is 1. The fourth-order valence-electron chi connectivity index (χ4n) is 2.92. The van der Waals surface area contributed by atoms with E-state index in [2.05, 4.69) is 10.2 Å². The van der Waals surface area contributed by atoms with Crippen molar-refractivity contribution < 1.29 is 14.3 Å². The zero-order valence-electron chi connectivity index (χ0n) is 12.9. The van der Waals surface area contributed by atoms with Gasteiger partial charge in [-0.05, 0) is 38.1 Å². The van der Waals surface area contributed by atoms with Gasteiger partial charge in [-0.25, -0.2) is 0 Å². The second kappa shape index (κ2) is 7.49. The first-order valence-corrected chi connectivity index (χ1v) is 8.19. The monoisotopic (exact) mass is 304 g/mol. The molecule has 5 heteroatoms. The summed E-state index contributed by atoms with van der Waals surface area (Å²) in [5.74, 6) is 1.62. The maximum atomic E-state index is 11.9. The number of para-hydroxylation sites is 2. The Bertz CT molecular complexity index is 500. The Hall–Kier alpha value is -1.75. The van der Waals surface area contributed by atoms with Crippen molar-refractivity contribution >= 4 is 5.91 Å². The van der Waals surface area contributed by atoms with Crippen LogP contribution in [0.25, 0.3) is 0 Å². The topological polar surface area (TPSA) is 50.8 Å². The predicted molar refractivity (Wildman–Crippen MR) is 84.3 cm³/mol. The number of benzene rings is 1. The maximum Gasteiger partial charge on any atom is 0.221 e. The lowest BCUT2D eigenvalue weighted by Gasteiger charge is -2.27. The van der Waals surface area contributed by atoms with E-state index in [4.69, 9.17) is 9.47 Å². The Balaban J connectivity index is 1.37. The second-order valence-corrected chi connectivity index (χ2v) is 5.95. The van der Waals surface area contributed by atoms with Gasteiger partial charge < -0.3 is 19.7 Å². The van der Waals surface area contributed by atoms with Gasteiger partial charge in [0.2, 0.25) is 5.91 Å². The standard InChI is InChI=1S/C17H24N2O3/c20-17(8-11-19-9-4-1-5-10-19)18-12-14-13-21-15-6-2-3-7-16(15)22-14/h2-3,6-7,14H,1,4-5,8-13H2,(H,18,20)/t14-/m1/s1. The Morgan fingerprint density at radius 3 is 2.77 bits per heavy atom. The quantitative estimate of drug-likeness (QED) is 0.901. The highest BCUT2D eigenvalue weighted by Crippen LogP contribution is 2.30. The van der Waals surface area contributed by atoms with Crippen molar-refractivity contribution in [3.8, 4) is 11.5 Å². The molecule has 0 aromatic heterocycles. The summed E-state index contributed by atoms with van der Waals surface area (Å²) in [6, 6.07) is 7.62. The molecular weight excluding hydrogens is 280 g/mol. The van der Waals surface area contributed by atoms with Gasteiger partial charge in [0, 0.05) is 13.0 Å². The van der Waals surface area contributed by atoms with E-state index < -0.39 is 0 Å². The molecule has 0 spiro atoms. The van der Waals surface area contributed by atoms with Crippen molar-refractivity contribution in [1.29, 1.82) is 0 Å². The number of carbonyl (C=O) groups is 1. The Morgan fingerprint density at radius 1 is 1.18 bits per heavy atom. The highest BCUT2D eigenvalue weighted by Gasteiger charge is 2.21. The van der Waals surface area contributed by atoms with E-state index in [0.717, 1.165) is 31.1 Å². The van der Waals surface area contributed by atoms with Gasteiger partial charge in [-0.2, -0.15) is 0 Å². The second-order valence-electron chi connectivity index (χ2n) is 5.95. The maximum absolute atomic E-state index is 11.9. The number of rotatable bonds is 5. The van der Waals surface area contributed by atoms with Gasteiger partial charge in [0.15, 0.2) is 11.5 Å². The molecule has 5 nitrogen and oxygen atoms in total. The highest BCUT2D eigenvalue weighted by atomic mass is 16.6. The van der Waals surface area contributed by atoms with E-state index in [1.807, 2.05) is 24.3 Å². The van der Waals surface area contributed by atoms with Crippen LogP contribution in [0, 0.1) is 0 Å². The fourth-order valence-corrected chi connectivity index (χ4v) is 2.92. The molecule has 0 radical (unpaired) electrons. The number of hydrogen-bond acceptors (Lipinski definition) is 4. The summed E-state index contributed by atoms with van der Waals surface area (Å²) in [4.78, 5) is 14.3. The lowest BCUT2D eigenvalue weighted by atomic mass is 10.1. The normalized spacial score (nSPS) is 21.4. The Morgan fingerprint density at radius 2 is 1.95 bits per heavy atom. The third-order valence-electron chi connectivity index (χ3n) is 4.20. The largest absolute Gasteiger partial charge is 0.486 e. The highest BCUT2D eigenvalue weighted by molar-refractivity contribution is 5.76. The molecule has 1 aromatic carbocycles. The fraction of sp³-hybridized carbons (Fsp3) is 0.588. The first-order chi connectivity index (χ1) is 10.8. The SMILES string of the molecule is O=C(CCN1CCCCC1)NC[C@@H]1COc2ccccc2O1. The molecule has 22 heavy (non-hydrogen) atoms. The van der Waals surface area contributed by atoms with Gasteiger partial charge >= 0.3 is 0 Å². The van der Waals surface area contributed by atoms with E-state index in [0.29, 0.717) is 19.6 Å². The Labute approximate surface area is 131 Å². The van der Waals surface area contributed by atoms with Crippen LogP contribution in [0.2, 0.25) is 0 Å². The summed E-state index contributed by atoms with van der Waals surface area (Å²) in [6.45, 7) is 4.08. The average molecular weight is 304 g/mol. The van der Waals surface area contributed by atoms with Crippen LogP contribution in [0.4, 0.5) is 0 Å². The third kappa shape index (κ3) is 4.13. The van der Waals surface area contributed by atoms with Crippen LogP contribution in [0.15, 0.2) is 24.3 Å². The van der Waals surface area contributed by atoms with Crippen molar-refractivity contribution in [3.05, 3.63) is 24.3 Å². The molecule has 0 bridgehead atoms. The Kier molecular flexibility index (Phi) is 5.16. The molecule has 1 aromatic rings. The molecule has 2 heterocycles. The third-order valence-corrected chi connectivity index (χ3v) is 4.20. The van der Waals surface area contributed by atoms with E-state index >= 15 is 0 Å². The lowest BCUT2D eigenvalue weighted by molar-refractivity contribution is -0.122. The number of fused-ring (bicyclic) bond motifs is 1. The molecule has 2 aliphatic heterocycles. The van der Waals surface area contributed by atoms with Crippen molar-refractivity contribution in [2.45, 2.75) is 31.8 Å². The zero-order chi connectivity index (χ0) is 15.2. The molecule has 0 saturated carbocycles. The number of nitrogens with one attached hydrogen (secondary N) is 1. The zero-order valence-corrected chi connectivity index (χ0v) is 12.9. The molecule has 1 fully saturated rings. The lowest BCUT2D eigenvalue weighted by Crippen LogP contribution is -2.41.